The Labute approximate surface area is 175 Å². The van der Waals surface area contributed by atoms with Crippen LogP contribution in [0.25, 0.3) is 0 Å². The fraction of sp³-hybridized carbons (Fsp3) is 0.500. The minimum absolute atomic E-state index is 0.146. The van der Waals surface area contributed by atoms with Crippen LogP contribution >= 0.6 is 11.6 Å². The van der Waals surface area contributed by atoms with E-state index in [9.17, 15) is 8.78 Å². The third kappa shape index (κ3) is 9.10. The van der Waals surface area contributed by atoms with E-state index in [0.29, 0.717) is 36.4 Å². The van der Waals surface area contributed by atoms with Gasteiger partial charge in [-0.25, -0.2) is 13.8 Å². The summed E-state index contributed by atoms with van der Waals surface area (Å²) in [7, 11) is 3.06. The van der Waals surface area contributed by atoms with E-state index in [0.717, 1.165) is 5.56 Å². The molecule has 0 atom stereocenters. The first kappa shape index (κ1) is 25.3. The van der Waals surface area contributed by atoms with Gasteiger partial charge in [-0.05, 0) is 30.5 Å². The van der Waals surface area contributed by atoms with Crippen molar-refractivity contribution in [2.24, 2.45) is 0 Å². The highest BCUT2D eigenvalue weighted by Crippen LogP contribution is 2.18. The molecule has 0 aliphatic carbocycles. The van der Waals surface area contributed by atoms with Crippen LogP contribution in [0.15, 0.2) is 18.3 Å². The number of halogens is 3. The fourth-order valence-electron chi connectivity index (χ4n) is 2.21. The van der Waals surface area contributed by atoms with Gasteiger partial charge in [0.05, 0.1) is 24.6 Å². The summed E-state index contributed by atoms with van der Waals surface area (Å²) in [5, 5.41) is 0.282. The highest BCUT2D eigenvalue weighted by molar-refractivity contribution is 6.30. The smallest absolute Gasteiger partial charge is 0.146 e. The first-order chi connectivity index (χ1) is 14.0. The molecule has 0 saturated carbocycles. The maximum absolute atomic E-state index is 13.3. The molecule has 29 heavy (non-hydrogen) atoms. The highest BCUT2D eigenvalue weighted by Gasteiger charge is 2.09. The SMILES string of the molecule is CCc1nc(Cl)c(COCOC)cc1F.CCc1ncc(COCOC)cc1F. The second kappa shape index (κ2) is 14.3. The molecular weight excluding hydrogens is 406 g/mol. The quantitative estimate of drug-likeness (QED) is 0.314. The molecule has 2 rings (SSSR count). The third-order valence-corrected chi connectivity index (χ3v) is 3.97. The van der Waals surface area contributed by atoms with Crippen LogP contribution in [0.4, 0.5) is 8.78 Å². The van der Waals surface area contributed by atoms with Crippen molar-refractivity contribution in [2.45, 2.75) is 39.9 Å². The van der Waals surface area contributed by atoms with Crippen molar-refractivity contribution in [2.75, 3.05) is 27.8 Å². The lowest BCUT2D eigenvalue weighted by molar-refractivity contribution is -0.0393. The van der Waals surface area contributed by atoms with Gasteiger partial charge in [0.15, 0.2) is 0 Å². The van der Waals surface area contributed by atoms with Crippen molar-refractivity contribution in [1.82, 2.24) is 9.97 Å². The average Bonchev–Trinajstić information content (AvgIpc) is 2.71. The van der Waals surface area contributed by atoms with Gasteiger partial charge in [-0.15, -0.1) is 0 Å². The summed E-state index contributed by atoms with van der Waals surface area (Å²) in [6.45, 7) is 4.56. The van der Waals surface area contributed by atoms with E-state index in [2.05, 4.69) is 9.97 Å². The van der Waals surface area contributed by atoms with Gasteiger partial charge in [0.1, 0.15) is 30.4 Å². The summed E-state index contributed by atoms with van der Waals surface area (Å²) in [5.41, 5.74) is 2.11. The van der Waals surface area contributed by atoms with Crippen LogP contribution in [-0.4, -0.2) is 37.8 Å². The third-order valence-electron chi connectivity index (χ3n) is 3.65. The number of aromatic nitrogens is 2. The van der Waals surface area contributed by atoms with Crippen molar-refractivity contribution in [3.05, 3.63) is 57.6 Å². The Morgan fingerprint density at radius 2 is 1.48 bits per heavy atom. The van der Waals surface area contributed by atoms with Crippen molar-refractivity contribution in [1.29, 1.82) is 0 Å². The van der Waals surface area contributed by atoms with Gasteiger partial charge in [0.25, 0.3) is 0 Å². The summed E-state index contributed by atoms with van der Waals surface area (Å²) in [6, 6.07) is 2.80. The van der Waals surface area contributed by atoms with Gasteiger partial charge < -0.3 is 18.9 Å². The largest absolute Gasteiger partial charge is 0.359 e. The van der Waals surface area contributed by atoms with Crippen LogP contribution in [0.3, 0.4) is 0 Å². The molecule has 0 aromatic carbocycles. The van der Waals surface area contributed by atoms with Gasteiger partial charge >= 0.3 is 0 Å². The second-order valence-corrected chi connectivity index (χ2v) is 6.21. The monoisotopic (exact) mass is 432 g/mol. The molecule has 0 unspecified atom stereocenters. The molecule has 2 heterocycles. The standard InChI is InChI=1S/C10H13ClFNO2.C10H14FNO2/c1-3-9-8(12)4-7(10(11)13-9)5-15-6-14-2;1-3-10-9(11)4-8(5-12-10)6-14-7-13-2/h4H,3,5-6H2,1-2H3;4-5H,3,6-7H2,1-2H3. The van der Waals surface area contributed by atoms with Gasteiger partial charge in [0, 0.05) is 26.0 Å². The average molecular weight is 433 g/mol. The fourth-order valence-corrected chi connectivity index (χ4v) is 2.42. The highest BCUT2D eigenvalue weighted by atomic mass is 35.5. The summed E-state index contributed by atoms with van der Waals surface area (Å²) < 4.78 is 46.1. The zero-order chi connectivity index (χ0) is 21.6. The first-order valence-electron chi connectivity index (χ1n) is 9.07. The maximum atomic E-state index is 13.3. The van der Waals surface area contributed by atoms with Crippen molar-refractivity contribution in [3.8, 4) is 0 Å². The van der Waals surface area contributed by atoms with Crippen molar-refractivity contribution in [3.63, 3.8) is 0 Å². The van der Waals surface area contributed by atoms with E-state index >= 15 is 0 Å². The van der Waals surface area contributed by atoms with E-state index in [-0.39, 0.29) is 37.0 Å². The van der Waals surface area contributed by atoms with Gasteiger partial charge in [-0.3, -0.25) is 4.98 Å². The minimum Gasteiger partial charge on any atom is -0.359 e. The molecule has 2 aromatic rings. The number of pyridine rings is 2. The Kier molecular flexibility index (Phi) is 12.5. The molecule has 0 saturated heterocycles. The molecule has 0 fully saturated rings. The van der Waals surface area contributed by atoms with Crippen LogP contribution in [-0.2, 0) is 45.0 Å². The van der Waals surface area contributed by atoms with Gasteiger partial charge in [-0.2, -0.15) is 0 Å². The molecule has 0 radical (unpaired) electrons. The molecule has 162 valence electrons. The number of hydrogen-bond acceptors (Lipinski definition) is 6. The van der Waals surface area contributed by atoms with Crippen LogP contribution < -0.4 is 0 Å². The molecule has 0 N–H and O–H groups in total. The Hall–Kier alpha value is -1.71. The van der Waals surface area contributed by atoms with Gasteiger partial charge in [-0.1, -0.05) is 25.4 Å². The number of methoxy groups -OCH3 is 2. The van der Waals surface area contributed by atoms with E-state index in [1.807, 2.05) is 13.8 Å². The maximum Gasteiger partial charge on any atom is 0.146 e. The first-order valence-corrected chi connectivity index (χ1v) is 9.44. The lowest BCUT2D eigenvalue weighted by atomic mass is 10.2. The molecular formula is C20H27ClF2N2O4. The van der Waals surface area contributed by atoms with E-state index in [1.54, 1.807) is 13.3 Å². The Bertz CT molecular complexity index is 751. The molecule has 9 heteroatoms. The zero-order valence-corrected chi connectivity index (χ0v) is 17.9. The number of rotatable bonds is 10. The summed E-state index contributed by atoms with van der Waals surface area (Å²) >= 11 is 5.86. The number of ether oxygens (including phenoxy) is 4. The summed E-state index contributed by atoms with van der Waals surface area (Å²) in [5.74, 6) is -0.621. The Morgan fingerprint density at radius 1 is 0.897 bits per heavy atom. The van der Waals surface area contributed by atoms with Crippen LogP contribution in [0.1, 0.15) is 36.4 Å². The second-order valence-electron chi connectivity index (χ2n) is 5.86. The predicted octanol–water partition coefficient (Wildman–Crippen LogP) is 4.46. The number of aryl methyl sites for hydroxylation is 2. The molecule has 0 aliphatic heterocycles. The molecule has 0 spiro atoms. The Balaban J connectivity index is 0.000000291. The Morgan fingerprint density at radius 3 is 2.03 bits per heavy atom. The topological polar surface area (TPSA) is 62.7 Å². The predicted molar refractivity (Wildman–Crippen MR) is 105 cm³/mol. The van der Waals surface area contributed by atoms with E-state index in [4.69, 9.17) is 30.5 Å². The van der Waals surface area contributed by atoms with Crippen LogP contribution in [0.2, 0.25) is 5.15 Å². The molecule has 2 aromatic heterocycles. The molecule has 0 amide bonds. The normalized spacial score (nSPS) is 10.6. The van der Waals surface area contributed by atoms with Crippen molar-refractivity contribution < 1.29 is 27.7 Å². The lowest BCUT2D eigenvalue weighted by Crippen LogP contribution is -2.02. The van der Waals surface area contributed by atoms with E-state index < -0.39 is 0 Å². The summed E-state index contributed by atoms with van der Waals surface area (Å²) in [6.07, 6.45) is 2.74. The zero-order valence-electron chi connectivity index (χ0n) is 17.1. The van der Waals surface area contributed by atoms with Crippen LogP contribution in [0, 0.1) is 11.6 Å². The van der Waals surface area contributed by atoms with Crippen molar-refractivity contribution >= 4 is 11.6 Å². The molecule has 0 bridgehead atoms. The van der Waals surface area contributed by atoms with Crippen LogP contribution in [0.5, 0.6) is 0 Å². The number of nitrogens with zero attached hydrogens (tertiary/aromatic N) is 2. The summed E-state index contributed by atoms with van der Waals surface area (Å²) in [4.78, 5) is 7.92. The van der Waals surface area contributed by atoms with E-state index in [1.165, 1.54) is 19.2 Å². The number of hydrogen-bond donors (Lipinski definition) is 0. The molecule has 6 nitrogen and oxygen atoms in total. The van der Waals surface area contributed by atoms with Gasteiger partial charge in [0.2, 0.25) is 0 Å². The minimum atomic E-state index is -0.349. The lowest BCUT2D eigenvalue weighted by Gasteiger charge is -2.07. The molecule has 0 aliphatic rings.